The summed E-state index contributed by atoms with van der Waals surface area (Å²) in [4.78, 5) is 16.5. The summed E-state index contributed by atoms with van der Waals surface area (Å²) >= 11 is 1.77. The Balaban J connectivity index is 1.74. The van der Waals surface area contributed by atoms with Gasteiger partial charge < -0.3 is 4.90 Å². The summed E-state index contributed by atoms with van der Waals surface area (Å²) in [6, 6.07) is 8.57. The molecule has 1 aromatic carbocycles. The number of aryl methyl sites for hydroxylation is 1. The zero-order valence-electron chi connectivity index (χ0n) is 12.3. The number of fused-ring (bicyclic) bond motifs is 2. The number of amides is 1. The van der Waals surface area contributed by atoms with Crippen LogP contribution in [0, 0.1) is 0 Å². The number of thiophene rings is 1. The van der Waals surface area contributed by atoms with Crippen LogP contribution in [0.3, 0.4) is 0 Å². The number of benzene rings is 1. The number of carbonyl (C=O) groups excluding carboxylic acids is 1. The molecule has 1 aliphatic heterocycles. The molecule has 2 aliphatic rings. The van der Waals surface area contributed by atoms with Gasteiger partial charge in [0.15, 0.2) is 0 Å². The number of rotatable bonds is 1. The van der Waals surface area contributed by atoms with E-state index in [2.05, 4.69) is 30.5 Å². The monoisotopic (exact) mass is 297 g/mol. The Morgan fingerprint density at radius 2 is 2.05 bits per heavy atom. The van der Waals surface area contributed by atoms with Gasteiger partial charge in [-0.3, -0.25) is 4.79 Å². The van der Waals surface area contributed by atoms with Gasteiger partial charge in [0.05, 0.1) is 5.56 Å². The molecule has 0 saturated carbocycles. The normalized spacial score (nSPS) is 20.2. The van der Waals surface area contributed by atoms with E-state index in [0.29, 0.717) is 0 Å². The molecule has 4 rings (SSSR count). The van der Waals surface area contributed by atoms with Crippen LogP contribution in [0.15, 0.2) is 29.6 Å². The van der Waals surface area contributed by atoms with E-state index in [1.165, 1.54) is 28.8 Å². The number of nitrogens with zero attached hydrogens (tertiary/aromatic N) is 1. The number of para-hydroxylation sites is 1. The van der Waals surface area contributed by atoms with Crippen LogP contribution in [0.25, 0.3) is 0 Å². The van der Waals surface area contributed by atoms with E-state index in [1.54, 1.807) is 11.3 Å². The van der Waals surface area contributed by atoms with Crippen molar-refractivity contribution in [1.29, 1.82) is 0 Å². The molecular formula is C18H19NOS. The molecule has 0 spiro atoms. The number of carbonyl (C=O) groups is 1. The zero-order valence-corrected chi connectivity index (χ0v) is 13.1. The fourth-order valence-electron chi connectivity index (χ4n) is 3.68. The lowest BCUT2D eigenvalue weighted by atomic mass is 9.95. The van der Waals surface area contributed by atoms with Gasteiger partial charge in [0, 0.05) is 22.0 Å². The summed E-state index contributed by atoms with van der Waals surface area (Å²) < 4.78 is 0. The molecule has 1 unspecified atom stereocenters. The molecule has 0 N–H and O–H groups in total. The molecule has 0 bridgehead atoms. The van der Waals surface area contributed by atoms with Gasteiger partial charge in [-0.15, -0.1) is 11.3 Å². The zero-order chi connectivity index (χ0) is 14.4. The first kappa shape index (κ1) is 13.1. The van der Waals surface area contributed by atoms with Crippen molar-refractivity contribution >= 4 is 22.9 Å². The van der Waals surface area contributed by atoms with Gasteiger partial charge in [-0.25, -0.2) is 0 Å². The Hall–Kier alpha value is -1.61. The van der Waals surface area contributed by atoms with Crippen molar-refractivity contribution in [3.05, 3.63) is 51.2 Å². The second-order valence-electron chi connectivity index (χ2n) is 6.12. The molecule has 21 heavy (non-hydrogen) atoms. The third kappa shape index (κ3) is 2.03. The SMILES string of the molecule is CC1Cc2ccccc2N1C(=O)c1csc2c1CCCC2. The maximum atomic E-state index is 13.1. The summed E-state index contributed by atoms with van der Waals surface area (Å²) in [5.74, 6) is 0.201. The predicted molar refractivity (Wildman–Crippen MR) is 87.4 cm³/mol. The van der Waals surface area contributed by atoms with Crippen LogP contribution in [-0.4, -0.2) is 11.9 Å². The van der Waals surface area contributed by atoms with E-state index in [0.717, 1.165) is 30.5 Å². The minimum atomic E-state index is 0.201. The van der Waals surface area contributed by atoms with E-state index in [4.69, 9.17) is 0 Å². The first-order chi connectivity index (χ1) is 10.3. The predicted octanol–water partition coefficient (Wildman–Crippen LogP) is 4.22. The molecule has 0 radical (unpaired) electrons. The van der Waals surface area contributed by atoms with Crippen molar-refractivity contribution in [3.8, 4) is 0 Å². The average molecular weight is 297 g/mol. The standard InChI is InChI=1S/C18H19NOS/c1-12-10-13-6-2-4-8-16(13)19(12)18(20)15-11-21-17-9-5-3-7-14(15)17/h2,4,6,8,11-12H,3,5,7,9-10H2,1H3. The quantitative estimate of drug-likeness (QED) is 0.772. The second kappa shape index (κ2) is 4.99. The Morgan fingerprint density at radius 1 is 1.24 bits per heavy atom. The van der Waals surface area contributed by atoms with Crippen molar-refractivity contribution in [2.24, 2.45) is 0 Å². The molecule has 1 atom stereocenters. The smallest absolute Gasteiger partial charge is 0.259 e. The van der Waals surface area contributed by atoms with Gasteiger partial charge >= 0.3 is 0 Å². The molecule has 3 heteroatoms. The average Bonchev–Trinajstić information content (AvgIpc) is 3.06. The highest BCUT2D eigenvalue weighted by Crippen LogP contribution is 2.36. The molecule has 1 aromatic heterocycles. The summed E-state index contributed by atoms with van der Waals surface area (Å²) in [6.45, 7) is 2.15. The van der Waals surface area contributed by atoms with Gasteiger partial charge in [0.2, 0.25) is 0 Å². The lowest BCUT2D eigenvalue weighted by Gasteiger charge is -2.23. The van der Waals surface area contributed by atoms with Gasteiger partial charge in [0.1, 0.15) is 0 Å². The summed E-state index contributed by atoms with van der Waals surface area (Å²) in [6.07, 6.45) is 5.68. The Kier molecular flexibility index (Phi) is 3.11. The third-order valence-corrected chi connectivity index (χ3v) is 5.81. The van der Waals surface area contributed by atoms with E-state index in [1.807, 2.05) is 11.0 Å². The maximum Gasteiger partial charge on any atom is 0.259 e. The maximum absolute atomic E-state index is 13.1. The van der Waals surface area contributed by atoms with E-state index >= 15 is 0 Å². The van der Waals surface area contributed by atoms with Crippen molar-refractivity contribution in [2.45, 2.75) is 45.1 Å². The fraction of sp³-hybridized carbons (Fsp3) is 0.389. The van der Waals surface area contributed by atoms with Crippen LogP contribution in [0.4, 0.5) is 5.69 Å². The molecule has 0 saturated heterocycles. The Bertz CT molecular complexity index is 703. The molecule has 1 amide bonds. The van der Waals surface area contributed by atoms with Crippen LogP contribution in [-0.2, 0) is 19.3 Å². The Morgan fingerprint density at radius 3 is 2.95 bits per heavy atom. The Labute approximate surface area is 129 Å². The highest BCUT2D eigenvalue weighted by molar-refractivity contribution is 7.10. The first-order valence-electron chi connectivity index (χ1n) is 7.76. The first-order valence-corrected chi connectivity index (χ1v) is 8.64. The van der Waals surface area contributed by atoms with Crippen molar-refractivity contribution in [1.82, 2.24) is 0 Å². The fourth-order valence-corrected chi connectivity index (χ4v) is 4.80. The number of hydrogen-bond acceptors (Lipinski definition) is 2. The summed E-state index contributed by atoms with van der Waals surface area (Å²) in [5, 5.41) is 2.09. The van der Waals surface area contributed by atoms with Crippen molar-refractivity contribution in [3.63, 3.8) is 0 Å². The molecular weight excluding hydrogens is 278 g/mol. The van der Waals surface area contributed by atoms with Crippen LogP contribution in [0.2, 0.25) is 0 Å². The molecule has 2 aromatic rings. The van der Waals surface area contributed by atoms with E-state index in [9.17, 15) is 4.79 Å². The van der Waals surface area contributed by atoms with Crippen LogP contribution in [0.1, 0.15) is 46.1 Å². The minimum absolute atomic E-state index is 0.201. The highest BCUT2D eigenvalue weighted by atomic mass is 32.1. The van der Waals surface area contributed by atoms with Crippen LogP contribution >= 0.6 is 11.3 Å². The molecule has 108 valence electrons. The topological polar surface area (TPSA) is 20.3 Å². The van der Waals surface area contributed by atoms with Crippen LogP contribution in [0.5, 0.6) is 0 Å². The van der Waals surface area contributed by atoms with E-state index < -0.39 is 0 Å². The lowest BCUT2D eigenvalue weighted by molar-refractivity contribution is 0.0981. The van der Waals surface area contributed by atoms with Gasteiger partial charge in [-0.2, -0.15) is 0 Å². The van der Waals surface area contributed by atoms with Crippen molar-refractivity contribution < 1.29 is 4.79 Å². The highest BCUT2D eigenvalue weighted by Gasteiger charge is 2.33. The molecule has 1 aliphatic carbocycles. The molecule has 0 fully saturated rings. The number of hydrogen-bond donors (Lipinski definition) is 0. The molecule has 2 nitrogen and oxygen atoms in total. The van der Waals surface area contributed by atoms with E-state index in [-0.39, 0.29) is 11.9 Å². The molecule has 2 heterocycles. The minimum Gasteiger partial charge on any atom is -0.305 e. The van der Waals surface area contributed by atoms with Crippen molar-refractivity contribution in [2.75, 3.05) is 4.90 Å². The second-order valence-corrected chi connectivity index (χ2v) is 7.08. The van der Waals surface area contributed by atoms with Gasteiger partial charge in [-0.05, 0) is 56.2 Å². The summed E-state index contributed by atoms with van der Waals surface area (Å²) in [7, 11) is 0. The lowest BCUT2D eigenvalue weighted by Crippen LogP contribution is -2.36. The summed E-state index contributed by atoms with van der Waals surface area (Å²) in [5.41, 5.74) is 4.68. The van der Waals surface area contributed by atoms with Gasteiger partial charge in [0.25, 0.3) is 5.91 Å². The van der Waals surface area contributed by atoms with Gasteiger partial charge in [-0.1, -0.05) is 18.2 Å². The number of anilines is 1. The largest absolute Gasteiger partial charge is 0.305 e. The third-order valence-electron chi connectivity index (χ3n) is 4.72. The van der Waals surface area contributed by atoms with Crippen LogP contribution < -0.4 is 4.90 Å².